The summed E-state index contributed by atoms with van der Waals surface area (Å²) in [7, 11) is -5.59. The number of rotatable bonds is 22. The Morgan fingerprint density at radius 3 is 0.966 bits per heavy atom. The van der Waals surface area contributed by atoms with Crippen LogP contribution in [0.3, 0.4) is 0 Å². The predicted octanol–water partition coefficient (Wildman–Crippen LogP) is 16.4. The molecule has 8 unspecified atom stereocenters. The standard InChI is InChI=1S/C12H25NO2S.C11H23NO2S.C11H24O.C10H23NO2S.C10H22O2.C9H20O.C8H18O/c1-6-10(12(2,3)4)9-13(5)16(14,15)11-7-8-11;1-5-10(11(2,3)4)9-12-7-6-8-15(12,13)14;1-7-9(10(2,3)4)8-11(5,6)12;1-7-9(10(2,3)4)8-11(5)14(6,12)13;1-6-8(9(2,3)4)7-10(5,11)12;1-6-8(7(2)10)9(3,4)5;1-5-7(6-9)8(2,3)4/h10-11H,6-9H2,1-5H3;10H,5-9H2,1-4H3;9,12H,7-8H2,1-6H3;9H,7-8H2,1-6H3;8,11-12H,6-7H2,1-5H3;7-8,10H,6H2,1-5H3;7,9H,5-6H2,1-4H3. The van der Waals surface area contributed by atoms with Crippen LogP contribution in [0.15, 0.2) is 0 Å². The monoisotopic (exact) mass is 1320 g/mol. The first-order valence-electron chi connectivity index (χ1n) is 34.1. The maximum Gasteiger partial charge on any atom is 0.216 e. The maximum absolute atomic E-state index is 12.0. The number of nitrogens with zero attached hydrogens (tertiary/aromatic N) is 3. The number of hydrogen-bond acceptors (Lipinski definition) is 11. The van der Waals surface area contributed by atoms with Gasteiger partial charge in [0.05, 0.1) is 29.0 Å². The smallest absolute Gasteiger partial charge is 0.216 e. The number of aliphatic hydroxyl groups excluding tert-OH is 2. The van der Waals surface area contributed by atoms with Crippen molar-refractivity contribution in [2.75, 3.05) is 58.9 Å². The molecular formula is C71H155N3O11S3. The maximum atomic E-state index is 12.0. The van der Waals surface area contributed by atoms with Crippen molar-refractivity contribution in [1.29, 1.82) is 0 Å². The number of sulfonamides is 3. The molecule has 538 valence electrons. The molecule has 2 aliphatic rings. The summed E-state index contributed by atoms with van der Waals surface area (Å²) in [5, 5.41) is 46.3. The summed E-state index contributed by atoms with van der Waals surface area (Å²) >= 11 is 0. The van der Waals surface area contributed by atoms with Gasteiger partial charge in [-0.25, -0.2) is 38.2 Å². The lowest BCUT2D eigenvalue weighted by Gasteiger charge is -2.34. The van der Waals surface area contributed by atoms with Gasteiger partial charge in [0.2, 0.25) is 30.1 Å². The van der Waals surface area contributed by atoms with Gasteiger partial charge < -0.3 is 25.5 Å². The average molecular weight is 1320 g/mol. The molecule has 0 aromatic rings. The zero-order valence-electron chi connectivity index (χ0n) is 64.7. The van der Waals surface area contributed by atoms with Crippen LogP contribution >= 0.6 is 0 Å². The van der Waals surface area contributed by atoms with Crippen LogP contribution in [-0.2, 0) is 30.1 Å². The Balaban J connectivity index is -0.000000307. The summed E-state index contributed by atoms with van der Waals surface area (Å²) in [6.45, 7) is 70.7. The van der Waals surface area contributed by atoms with Gasteiger partial charge in [-0.2, -0.15) is 0 Å². The summed E-state index contributed by atoms with van der Waals surface area (Å²) in [6.07, 6.45) is 12.2. The van der Waals surface area contributed by atoms with E-state index < -0.39 is 41.5 Å². The van der Waals surface area contributed by atoms with Crippen molar-refractivity contribution < 1.29 is 50.8 Å². The van der Waals surface area contributed by atoms with Crippen molar-refractivity contribution in [1.82, 2.24) is 12.9 Å². The molecular weight excluding hydrogens is 1170 g/mol. The molecule has 0 amide bonds. The third-order valence-electron chi connectivity index (χ3n) is 18.6. The number of aliphatic hydroxyl groups is 5. The van der Waals surface area contributed by atoms with E-state index in [1.54, 1.807) is 22.7 Å². The molecule has 2 rings (SSSR count). The highest BCUT2D eigenvalue weighted by atomic mass is 32.2. The van der Waals surface area contributed by atoms with E-state index in [-0.39, 0.29) is 43.8 Å². The Morgan fingerprint density at radius 1 is 0.489 bits per heavy atom. The Kier molecular flexibility index (Phi) is 43.9. The van der Waals surface area contributed by atoms with E-state index in [1.807, 2.05) is 20.8 Å². The Bertz CT molecular complexity index is 2100. The first kappa shape index (κ1) is 96.2. The lowest BCUT2D eigenvalue weighted by atomic mass is 9.74. The summed E-state index contributed by atoms with van der Waals surface area (Å²) < 4.78 is 74.5. The van der Waals surface area contributed by atoms with Gasteiger partial charge in [-0.05, 0) is 133 Å². The lowest BCUT2D eigenvalue weighted by Crippen LogP contribution is -2.38. The lowest BCUT2D eigenvalue weighted by molar-refractivity contribution is -0.164. The normalized spacial score (nSPS) is 18.5. The van der Waals surface area contributed by atoms with Crippen LogP contribution in [0.25, 0.3) is 0 Å². The molecule has 17 heteroatoms. The van der Waals surface area contributed by atoms with E-state index in [0.717, 1.165) is 77.2 Å². The molecule has 5 N–H and O–H groups in total. The number of hydrogen-bond donors (Lipinski definition) is 5. The van der Waals surface area contributed by atoms with Gasteiger partial charge in [0.15, 0.2) is 5.79 Å². The fourth-order valence-corrected chi connectivity index (χ4v) is 15.2. The zero-order valence-corrected chi connectivity index (χ0v) is 67.1. The van der Waals surface area contributed by atoms with Crippen molar-refractivity contribution in [3.63, 3.8) is 0 Å². The third kappa shape index (κ3) is 44.2. The fourth-order valence-electron chi connectivity index (χ4n) is 11.6. The Labute approximate surface area is 550 Å². The van der Waals surface area contributed by atoms with E-state index >= 15 is 0 Å². The van der Waals surface area contributed by atoms with Crippen molar-refractivity contribution >= 4 is 30.1 Å². The van der Waals surface area contributed by atoms with Crippen LogP contribution in [0, 0.1) is 79.3 Å². The molecule has 1 saturated heterocycles. The second-order valence-electron chi connectivity index (χ2n) is 34.7. The van der Waals surface area contributed by atoms with Crippen LogP contribution in [0.2, 0.25) is 0 Å². The molecule has 1 saturated carbocycles. The van der Waals surface area contributed by atoms with Crippen LogP contribution < -0.4 is 0 Å². The highest BCUT2D eigenvalue weighted by Crippen LogP contribution is 2.38. The van der Waals surface area contributed by atoms with E-state index in [1.165, 1.54) is 17.5 Å². The molecule has 0 bridgehead atoms. The molecule has 0 spiro atoms. The Morgan fingerprint density at radius 2 is 0.807 bits per heavy atom. The first-order chi connectivity index (χ1) is 38.8. The second-order valence-corrected chi connectivity index (χ2v) is 41.2. The van der Waals surface area contributed by atoms with Crippen LogP contribution in [0.5, 0.6) is 0 Å². The van der Waals surface area contributed by atoms with Crippen molar-refractivity contribution in [3.8, 4) is 0 Å². The molecule has 0 aromatic heterocycles. The average Bonchev–Trinajstić information content (AvgIpc) is 4.12. The molecule has 1 aliphatic carbocycles. The SMILES string of the molecule is CCC(C(C)O)C(C)(C)C.CCC(CC(C)(C)O)C(C)(C)C.CCC(CC(C)(O)O)C(C)(C)C.CCC(CN(C)S(=O)(=O)C1CC1)C(C)(C)C.CCC(CN(C)S(C)(=O)=O)C(C)(C)C.CCC(CN1CCCS1(=O)=O)C(C)(C)C.CCC(CO)C(C)(C)C. The molecule has 0 aromatic carbocycles. The van der Waals surface area contributed by atoms with Crippen molar-refractivity contribution in [2.45, 2.75) is 321 Å². The fraction of sp³-hybridized carbons (Fsp3) is 1.00. The van der Waals surface area contributed by atoms with Crippen LogP contribution in [0.4, 0.5) is 0 Å². The van der Waals surface area contributed by atoms with Crippen molar-refractivity contribution in [2.24, 2.45) is 79.3 Å². The Hall–Kier alpha value is -0.470. The summed E-state index contributed by atoms with van der Waals surface area (Å²) in [4.78, 5) is 0. The minimum atomic E-state index is -3.03. The quantitative estimate of drug-likeness (QED) is 0.0643. The van der Waals surface area contributed by atoms with E-state index in [2.05, 4.69) is 194 Å². The minimum absolute atomic E-state index is 0.0880. The molecule has 2 fully saturated rings. The molecule has 88 heavy (non-hydrogen) atoms. The van der Waals surface area contributed by atoms with Gasteiger partial charge in [0.25, 0.3) is 0 Å². The van der Waals surface area contributed by atoms with Gasteiger partial charge in [-0.15, -0.1) is 0 Å². The van der Waals surface area contributed by atoms with E-state index in [9.17, 15) is 45.7 Å². The molecule has 14 nitrogen and oxygen atoms in total. The summed E-state index contributed by atoms with van der Waals surface area (Å²) in [5.74, 6) is 1.94. The second kappa shape index (κ2) is 40.2. The van der Waals surface area contributed by atoms with Gasteiger partial charge >= 0.3 is 0 Å². The van der Waals surface area contributed by atoms with E-state index in [0.29, 0.717) is 85.3 Å². The highest BCUT2D eigenvalue weighted by molar-refractivity contribution is 7.90. The molecule has 1 aliphatic heterocycles. The van der Waals surface area contributed by atoms with Gasteiger partial charge in [0, 0.05) is 53.3 Å². The highest BCUT2D eigenvalue weighted by Gasteiger charge is 2.40. The topological polar surface area (TPSA) is 213 Å². The van der Waals surface area contributed by atoms with E-state index in [4.69, 9.17) is 5.11 Å². The van der Waals surface area contributed by atoms with Gasteiger partial charge in [-0.3, -0.25) is 0 Å². The molecule has 8 atom stereocenters. The molecule has 0 radical (unpaired) electrons. The van der Waals surface area contributed by atoms with Gasteiger partial charge in [0.1, 0.15) is 0 Å². The predicted molar refractivity (Wildman–Crippen MR) is 382 cm³/mol. The van der Waals surface area contributed by atoms with Crippen LogP contribution in [-0.4, -0.2) is 145 Å². The third-order valence-corrected chi connectivity index (χ3v) is 24.1. The largest absolute Gasteiger partial charge is 0.396 e. The summed E-state index contributed by atoms with van der Waals surface area (Å²) in [6, 6.07) is 0. The van der Waals surface area contributed by atoms with Gasteiger partial charge in [-0.1, -0.05) is 239 Å². The minimum Gasteiger partial charge on any atom is -0.396 e. The summed E-state index contributed by atoms with van der Waals surface area (Å²) in [5.41, 5.74) is 0.971. The zero-order chi connectivity index (χ0) is 71.7. The van der Waals surface area contributed by atoms with Crippen molar-refractivity contribution in [3.05, 3.63) is 0 Å². The van der Waals surface area contributed by atoms with Crippen LogP contribution in [0.1, 0.15) is 299 Å². The first-order valence-corrected chi connectivity index (χ1v) is 39.1. The molecule has 1 heterocycles.